The first kappa shape index (κ1) is 35.0. The molecule has 4 fully saturated rings. The molecule has 252 valence electrons. The lowest BCUT2D eigenvalue weighted by atomic mass is 9.62. The van der Waals surface area contributed by atoms with Crippen LogP contribution in [0.2, 0.25) is 0 Å². The van der Waals surface area contributed by atoms with Gasteiger partial charge in [0.15, 0.2) is 11.9 Å². The van der Waals surface area contributed by atoms with E-state index in [9.17, 15) is 24.6 Å². The van der Waals surface area contributed by atoms with Gasteiger partial charge in [0.1, 0.15) is 29.3 Å². The van der Waals surface area contributed by atoms with E-state index in [0.717, 1.165) is 0 Å². The van der Waals surface area contributed by atoms with Crippen molar-refractivity contribution in [2.75, 3.05) is 21.2 Å². The molecule has 4 N–H and O–H groups in total. The summed E-state index contributed by atoms with van der Waals surface area (Å²) in [7, 11) is 5.10. The van der Waals surface area contributed by atoms with Gasteiger partial charge in [-0.25, -0.2) is 4.79 Å². The molecule has 4 bridgehead atoms. The zero-order chi connectivity index (χ0) is 33.3. The van der Waals surface area contributed by atoms with Gasteiger partial charge in [0, 0.05) is 25.0 Å². The first-order chi connectivity index (χ1) is 20.3. The Morgan fingerprint density at radius 1 is 1.05 bits per heavy atom. The van der Waals surface area contributed by atoms with Crippen LogP contribution in [0.3, 0.4) is 0 Å². The molecule has 4 rings (SSSR count). The van der Waals surface area contributed by atoms with Crippen LogP contribution in [-0.2, 0) is 33.3 Å². The predicted molar refractivity (Wildman–Crippen MR) is 158 cm³/mol. The number of methoxy groups -OCH3 is 1. The van der Waals surface area contributed by atoms with E-state index in [0.29, 0.717) is 6.42 Å². The number of carbonyl (C=O) groups excluding carboxylic acids is 3. The number of nitrogens with zero attached hydrogens (tertiary/aromatic N) is 2. The third kappa shape index (κ3) is 4.98. The van der Waals surface area contributed by atoms with Gasteiger partial charge in [-0.15, -0.1) is 0 Å². The van der Waals surface area contributed by atoms with E-state index in [2.05, 4.69) is 0 Å². The minimum atomic E-state index is -1.87. The molecule has 0 aromatic carbocycles. The number of nitrogens with two attached hydrogens (primary N) is 1. The number of rotatable bonds is 5. The van der Waals surface area contributed by atoms with E-state index >= 15 is 0 Å². The van der Waals surface area contributed by atoms with Crippen LogP contribution in [0.15, 0.2) is 0 Å². The lowest BCUT2D eigenvalue weighted by Gasteiger charge is -2.61. The number of aliphatic hydroxyl groups is 2. The predicted octanol–water partition coefficient (Wildman–Crippen LogP) is 1.26. The van der Waals surface area contributed by atoms with Crippen LogP contribution in [0.25, 0.3) is 0 Å². The van der Waals surface area contributed by atoms with E-state index < -0.39 is 89.3 Å². The molecule has 0 radical (unpaired) electrons. The quantitative estimate of drug-likeness (QED) is 0.374. The molecule has 13 heteroatoms. The van der Waals surface area contributed by atoms with E-state index in [-0.39, 0.29) is 24.3 Å². The molecule has 13 nitrogen and oxygen atoms in total. The normalized spacial score (nSPS) is 50.2. The summed E-state index contributed by atoms with van der Waals surface area (Å²) >= 11 is 0. The molecular formula is C31H53N3O10. The highest BCUT2D eigenvalue weighted by molar-refractivity contribution is 5.90. The number of esters is 1. The van der Waals surface area contributed by atoms with Gasteiger partial charge in [-0.1, -0.05) is 27.7 Å². The molecule has 0 saturated carbocycles. The molecule has 0 spiro atoms. The summed E-state index contributed by atoms with van der Waals surface area (Å²) in [6.45, 7) is 13.6. The Balaban J connectivity index is 1.97. The van der Waals surface area contributed by atoms with Crippen LogP contribution in [0.5, 0.6) is 0 Å². The van der Waals surface area contributed by atoms with Crippen LogP contribution < -0.4 is 5.73 Å². The Hall–Kier alpha value is -1.87. The number of hydrogen-bond donors (Lipinski definition) is 3. The molecule has 4 aliphatic heterocycles. The highest BCUT2D eigenvalue weighted by atomic mass is 16.7. The highest BCUT2D eigenvalue weighted by Gasteiger charge is 2.74. The molecule has 44 heavy (non-hydrogen) atoms. The fourth-order valence-electron chi connectivity index (χ4n) is 8.36. The Bertz CT molecular complexity index is 1120. The number of ketones is 1. The summed E-state index contributed by atoms with van der Waals surface area (Å²) in [6, 6.07) is -1.23. The first-order valence-corrected chi connectivity index (χ1v) is 15.8. The first-order valence-electron chi connectivity index (χ1n) is 15.8. The third-order valence-electron chi connectivity index (χ3n) is 11.3. The van der Waals surface area contributed by atoms with Crippen molar-refractivity contribution in [1.82, 2.24) is 9.80 Å². The van der Waals surface area contributed by atoms with Crippen molar-refractivity contribution in [2.24, 2.45) is 29.4 Å². The molecule has 1 amide bonds. The summed E-state index contributed by atoms with van der Waals surface area (Å²) in [5, 5.41) is 23.1. The maximum Gasteiger partial charge on any atom is 0.412 e. The van der Waals surface area contributed by atoms with Crippen molar-refractivity contribution >= 4 is 17.8 Å². The fourth-order valence-corrected chi connectivity index (χ4v) is 8.36. The second-order valence-corrected chi connectivity index (χ2v) is 14.0. The van der Waals surface area contributed by atoms with Crippen molar-refractivity contribution in [3.63, 3.8) is 0 Å². The lowest BCUT2D eigenvalue weighted by Crippen LogP contribution is -2.83. The van der Waals surface area contributed by atoms with E-state index in [1.807, 2.05) is 25.9 Å². The minimum absolute atomic E-state index is 0.227. The van der Waals surface area contributed by atoms with E-state index in [4.69, 9.17) is 29.4 Å². The average Bonchev–Trinajstić information content (AvgIpc) is 3.26. The summed E-state index contributed by atoms with van der Waals surface area (Å²) in [4.78, 5) is 44.9. The number of aliphatic hydroxyl groups excluding tert-OH is 2. The van der Waals surface area contributed by atoms with Crippen LogP contribution >= 0.6 is 0 Å². The van der Waals surface area contributed by atoms with Crippen LogP contribution in [0, 0.1) is 23.7 Å². The van der Waals surface area contributed by atoms with Crippen molar-refractivity contribution in [3.8, 4) is 0 Å². The average molecular weight is 628 g/mol. The molecule has 15 atom stereocenters. The number of likely N-dealkylation sites (N-methyl/N-ethyl adjacent to an activating group) is 1. The molecule has 0 aromatic heterocycles. The molecular weight excluding hydrogens is 574 g/mol. The SMILES string of the molecule is CC[C@H]1OC(=O)[C@H](C)[C@@H](O)[C@H](C)[C@@H](OC2OC(C)CC(N(C)C)C2O)[C@](C)(OC)C2(N)[C@@H](C)C(=O)[C@H](C)[C@H]3N2C(=O)O[C@]13C. The zero-order valence-electron chi connectivity index (χ0n) is 28.0. The van der Waals surface area contributed by atoms with Gasteiger partial charge in [0.05, 0.1) is 36.2 Å². The van der Waals surface area contributed by atoms with Gasteiger partial charge >= 0.3 is 12.1 Å². The number of carbonyl (C=O) groups is 3. The fraction of sp³-hybridized carbons (Fsp3) is 0.903. The second kappa shape index (κ2) is 12.1. The highest BCUT2D eigenvalue weighted by Crippen LogP contribution is 2.53. The van der Waals surface area contributed by atoms with Crippen LogP contribution in [0.4, 0.5) is 4.79 Å². The maximum absolute atomic E-state index is 14.1. The summed E-state index contributed by atoms with van der Waals surface area (Å²) in [6.07, 6.45) is -6.03. The Morgan fingerprint density at radius 3 is 2.20 bits per heavy atom. The van der Waals surface area contributed by atoms with Gasteiger partial charge in [-0.2, -0.15) is 0 Å². The summed E-state index contributed by atoms with van der Waals surface area (Å²) in [5.74, 6) is -4.55. The van der Waals surface area contributed by atoms with Crippen molar-refractivity contribution in [1.29, 1.82) is 0 Å². The lowest BCUT2D eigenvalue weighted by molar-refractivity contribution is -0.317. The van der Waals surface area contributed by atoms with Gasteiger partial charge in [-0.3, -0.25) is 14.5 Å². The molecule has 0 aromatic rings. The number of Topliss-reactive ketones (excluding diaryl/α,β-unsaturated/α-hetero) is 1. The zero-order valence-corrected chi connectivity index (χ0v) is 28.0. The van der Waals surface area contributed by atoms with E-state index in [1.165, 1.54) is 12.0 Å². The van der Waals surface area contributed by atoms with E-state index in [1.54, 1.807) is 48.5 Å². The van der Waals surface area contributed by atoms with Crippen molar-refractivity contribution in [3.05, 3.63) is 0 Å². The Labute approximate surface area is 260 Å². The standard InChI is InChI=1S/C31H53N3O10/c1-12-20-29(7)24-15(3)22(36)18(6)31(32,34(24)28(39)44-29)30(8,40-11)25(16(4)21(35)17(5)26(38)42-20)43-27-23(37)19(33(9)10)13-14(2)41-27/h14-21,23-25,27,35,37H,12-13,32H2,1-11H3/t14?,15-,16-,17+,18-,19?,20+,21-,23?,24+,25+,27?,29+,30-,31?/m0/s1. The second-order valence-electron chi connectivity index (χ2n) is 14.0. The number of cyclic esters (lactones) is 1. The van der Waals surface area contributed by atoms with Gasteiger partial charge < -0.3 is 44.5 Å². The molecule has 0 aliphatic carbocycles. The number of piperidine rings is 1. The minimum Gasteiger partial charge on any atom is -0.458 e. The van der Waals surface area contributed by atoms with Crippen LogP contribution in [-0.4, -0.2) is 125 Å². The number of ether oxygens (including phenoxy) is 5. The number of hydrogen-bond acceptors (Lipinski definition) is 12. The van der Waals surface area contributed by atoms with Gasteiger partial charge in [0.25, 0.3) is 0 Å². The molecule has 5 unspecified atom stereocenters. The molecule has 4 aliphatic rings. The van der Waals surface area contributed by atoms with Gasteiger partial charge in [-0.05, 0) is 54.6 Å². The largest absolute Gasteiger partial charge is 0.458 e. The monoisotopic (exact) mass is 627 g/mol. The Morgan fingerprint density at radius 2 is 1.66 bits per heavy atom. The number of amides is 1. The smallest absolute Gasteiger partial charge is 0.412 e. The Kier molecular flexibility index (Phi) is 9.59. The van der Waals surface area contributed by atoms with Gasteiger partial charge in [0.2, 0.25) is 0 Å². The van der Waals surface area contributed by atoms with Crippen LogP contribution in [0.1, 0.15) is 68.2 Å². The third-order valence-corrected chi connectivity index (χ3v) is 11.3. The topological polar surface area (TPSA) is 170 Å². The maximum atomic E-state index is 14.1. The van der Waals surface area contributed by atoms with Crippen molar-refractivity contribution in [2.45, 2.75) is 134 Å². The summed E-state index contributed by atoms with van der Waals surface area (Å²) < 4.78 is 31.0. The summed E-state index contributed by atoms with van der Waals surface area (Å²) in [5.41, 5.74) is 2.35. The molecule has 4 saturated heterocycles. The molecule has 4 heterocycles. The van der Waals surface area contributed by atoms with Crippen molar-refractivity contribution < 1.29 is 48.3 Å².